The zero-order valence-corrected chi connectivity index (χ0v) is 15.3. The van der Waals surface area contributed by atoms with Crippen LogP contribution in [0.5, 0.6) is 0 Å². The van der Waals surface area contributed by atoms with E-state index in [0.29, 0.717) is 20.8 Å². The van der Waals surface area contributed by atoms with Crippen molar-refractivity contribution < 1.29 is 4.79 Å². The molecule has 0 saturated heterocycles. The van der Waals surface area contributed by atoms with E-state index in [2.05, 4.69) is 30.8 Å². The van der Waals surface area contributed by atoms with Crippen LogP contribution in [0.25, 0.3) is 10.9 Å². The molecule has 0 radical (unpaired) electrons. The second-order valence-corrected chi connectivity index (χ2v) is 7.28. The normalized spacial score (nSPS) is 11.3. The highest BCUT2D eigenvalue weighted by Gasteiger charge is 2.16. The van der Waals surface area contributed by atoms with Crippen LogP contribution in [0.3, 0.4) is 0 Å². The van der Waals surface area contributed by atoms with Gasteiger partial charge in [-0.2, -0.15) is 5.10 Å². The Balaban J connectivity index is 1.46. The molecule has 1 amide bonds. The highest BCUT2D eigenvalue weighted by atomic mass is 32.1. The largest absolute Gasteiger partial charge is 0.361 e. The molecule has 0 atom stereocenters. The van der Waals surface area contributed by atoms with Crippen LogP contribution in [-0.2, 0) is 0 Å². The van der Waals surface area contributed by atoms with Crippen molar-refractivity contribution in [2.24, 2.45) is 5.10 Å². The number of nitrogens with zero attached hydrogens (tertiary/aromatic N) is 3. The lowest BCUT2D eigenvalue weighted by Crippen LogP contribution is -2.11. The molecule has 0 aliphatic rings. The summed E-state index contributed by atoms with van der Waals surface area (Å²) in [4.78, 5) is 24.4. The number of H-pyrrole nitrogens is 1. The van der Waals surface area contributed by atoms with Crippen molar-refractivity contribution >= 4 is 56.0 Å². The zero-order valence-electron chi connectivity index (χ0n) is 13.7. The Morgan fingerprint density at radius 1 is 1.31 bits per heavy atom. The number of carbonyl (C=O) groups is 1. The number of thiazole rings is 2. The average molecular weight is 382 g/mol. The molecule has 4 aromatic rings. The maximum Gasteiger partial charge on any atom is 0.269 e. The third-order valence-electron chi connectivity index (χ3n) is 3.64. The van der Waals surface area contributed by atoms with Crippen molar-refractivity contribution in [3.63, 3.8) is 0 Å². The molecular formula is C17H14N6OS2. The van der Waals surface area contributed by atoms with Crippen molar-refractivity contribution in [1.82, 2.24) is 15.0 Å². The van der Waals surface area contributed by atoms with Gasteiger partial charge in [0.1, 0.15) is 4.88 Å². The minimum absolute atomic E-state index is 0.219. The van der Waals surface area contributed by atoms with Gasteiger partial charge < -0.3 is 4.98 Å². The number of rotatable bonds is 5. The van der Waals surface area contributed by atoms with Crippen LogP contribution in [0.2, 0.25) is 0 Å². The number of hydrazone groups is 1. The Morgan fingerprint density at radius 2 is 2.19 bits per heavy atom. The molecule has 0 unspecified atom stereocenters. The molecule has 4 rings (SSSR count). The van der Waals surface area contributed by atoms with E-state index < -0.39 is 0 Å². The van der Waals surface area contributed by atoms with E-state index in [1.807, 2.05) is 35.8 Å². The standard InChI is InChI=1S/C17H14N6OS2/c1-10-14(15(24)22-16-18-6-7-25-16)26-17(21-10)23-20-9-11-8-19-13-5-3-2-4-12(11)13/h2-9,19H,1H3,(H,21,23)(H,18,22,24)/b20-9+. The summed E-state index contributed by atoms with van der Waals surface area (Å²) >= 11 is 2.62. The van der Waals surface area contributed by atoms with E-state index in [9.17, 15) is 4.79 Å². The molecule has 7 nitrogen and oxygen atoms in total. The number of fused-ring (bicyclic) bond motifs is 1. The van der Waals surface area contributed by atoms with E-state index in [4.69, 9.17) is 0 Å². The maximum absolute atomic E-state index is 12.3. The number of aromatic nitrogens is 3. The first-order valence-electron chi connectivity index (χ1n) is 7.74. The van der Waals surface area contributed by atoms with Crippen LogP contribution in [0, 0.1) is 6.92 Å². The summed E-state index contributed by atoms with van der Waals surface area (Å²) in [5, 5.41) is 11.0. The fourth-order valence-electron chi connectivity index (χ4n) is 2.45. The molecule has 0 bridgehead atoms. The molecule has 1 aromatic carbocycles. The summed E-state index contributed by atoms with van der Waals surface area (Å²) in [6.45, 7) is 1.79. The molecule has 0 spiro atoms. The molecule has 0 saturated carbocycles. The van der Waals surface area contributed by atoms with Crippen molar-refractivity contribution in [1.29, 1.82) is 0 Å². The first kappa shape index (κ1) is 16.4. The Morgan fingerprint density at radius 3 is 3.04 bits per heavy atom. The molecule has 0 aliphatic heterocycles. The minimum atomic E-state index is -0.219. The van der Waals surface area contributed by atoms with Gasteiger partial charge >= 0.3 is 0 Å². The maximum atomic E-state index is 12.3. The van der Waals surface area contributed by atoms with E-state index >= 15 is 0 Å². The fourth-order valence-corrected chi connectivity index (χ4v) is 3.79. The Labute approximate surface area is 156 Å². The lowest BCUT2D eigenvalue weighted by Gasteiger charge is -1.98. The summed E-state index contributed by atoms with van der Waals surface area (Å²) in [6.07, 6.45) is 5.27. The molecule has 0 fully saturated rings. The summed E-state index contributed by atoms with van der Waals surface area (Å²) in [7, 11) is 0. The van der Waals surface area contributed by atoms with Crippen LogP contribution < -0.4 is 10.7 Å². The Kier molecular flexibility index (Phi) is 4.46. The number of hydrogen-bond donors (Lipinski definition) is 3. The molecular weight excluding hydrogens is 368 g/mol. The van der Waals surface area contributed by atoms with Crippen molar-refractivity contribution in [3.05, 3.63) is 58.2 Å². The summed E-state index contributed by atoms with van der Waals surface area (Å²) in [6, 6.07) is 8.01. The lowest BCUT2D eigenvalue weighted by molar-refractivity contribution is 0.103. The van der Waals surface area contributed by atoms with Crippen LogP contribution in [0.4, 0.5) is 10.3 Å². The third-order valence-corrected chi connectivity index (χ3v) is 5.39. The monoisotopic (exact) mass is 382 g/mol. The summed E-state index contributed by atoms with van der Waals surface area (Å²) in [5.74, 6) is -0.219. The molecule has 3 aromatic heterocycles. The number of aromatic amines is 1. The molecule has 26 heavy (non-hydrogen) atoms. The van der Waals surface area contributed by atoms with Gasteiger partial charge in [-0.05, 0) is 13.0 Å². The van der Waals surface area contributed by atoms with Crippen molar-refractivity contribution in [2.75, 3.05) is 10.7 Å². The molecule has 130 valence electrons. The number of amides is 1. The van der Waals surface area contributed by atoms with E-state index in [0.717, 1.165) is 16.5 Å². The Hall–Kier alpha value is -3.04. The quantitative estimate of drug-likeness (QED) is 0.358. The second-order valence-electron chi connectivity index (χ2n) is 5.38. The predicted octanol–water partition coefficient (Wildman–Crippen LogP) is 4.09. The van der Waals surface area contributed by atoms with Gasteiger partial charge in [0.2, 0.25) is 5.13 Å². The number of aryl methyl sites for hydroxylation is 1. The Bertz CT molecular complexity index is 1080. The predicted molar refractivity (Wildman–Crippen MR) is 106 cm³/mol. The third kappa shape index (κ3) is 3.35. The average Bonchev–Trinajstić information content (AvgIpc) is 3.36. The number of nitrogens with one attached hydrogen (secondary N) is 3. The topological polar surface area (TPSA) is 95.1 Å². The van der Waals surface area contributed by atoms with Crippen molar-refractivity contribution in [3.8, 4) is 0 Å². The highest BCUT2D eigenvalue weighted by molar-refractivity contribution is 7.18. The first-order chi connectivity index (χ1) is 12.7. The number of anilines is 2. The van der Waals surface area contributed by atoms with Crippen LogP contribution in [0.15, 0.2) is 47.1 Å². The van der Waals surface area contributed by atoms with Crippen LogP contribution >= 0.6 is 22.7 Å². The summed E-state index contributed by atoms with van der Waals surface area (Å²) < 4.78 is 0. The van der Waals surface area contributed by atoms with Crippen LogP contribution in [0.1, 0.15) is 20.9 Å². The molecule has 3 heterocycles. The van der Waals surface area contributed by atoms with E-state index in [1.165, 1.54) is 22.7 Å². The van der Waals surface area contributed by atoms with Gasteiger partial charge in [-0.3, -0.25) is 15.5 Å². The smallest absolute Gasteiger partial charge is 0.269 e. The van der Waals surface area contributed by atoms with E-state index in [1.54, 1.807) is 19.3 Å². The van der Waals surface area contributed by atoms with Gasteiger partial charge in [-0.25, -0.2) is 9.97 Å². The SMILES string of the molecule is Cc1nc(N/N=C/c2c[nH]c3ccccc23)sc1C(=O)Nc1nccs1. The van der Waals surface area contributed by atoms with Gasteiger partial charge in [0.15, 0.2) is 5.13 Å². The molecule has 0 aliphatic carbocycles. The fraction of sp³-hybridized carbons (Fsp3) is 0.0588. The van der Waals surface area contributed by atoms with Gasteiger partial charge in [0.25, 0.3) is 5.91 Å². The first-order valence-corrected chi connectivity index (χ1v) is 9.44. The number of hydrogen-bond acceptors (Lipinski definition) is 7. The van der Waals surface area contributed by atoms with Crippen molar-refractivity contribution in [2.45, 2.75) is 6.92 Å². The number of benzene rings is 1. The zero-order chi connectivity index (χ0) is 17.9. The highest BCUT2D eigenvalue weighted by Crippen LogP contribution is 2.24. The molecule has 9 heteroatoms. The van der Waals surface area contributed by atoms with Gasteiger partial charge in [-0.15, -0.1) is 11.3 Å². The number of para-hydroxylation sites is 1. The summed E-state index contributed by atoms with van der Waals surface area (Å²) in [5.41, 5.74) is 5.57. The van der Waals surface area contributed by atoms with Crippen LogP contribution in [-0.4, -0.2) is 27.1 Å². The van der Waals surface area contributed by atoms with E-state index in [-0.39, 0.29) is 5.91 Å². The van der Waals surface area contributed by atoms with Gasteiger partial charge in [-0.1, -0.05) is 29.5 Å². The molecule has 3 N–H and O–H groups in total. The number of carbonyl (C=O) groups excluding carboxylic acids is 1. The lowest BCUT2D eigenvalue weighted by atomic mass is 10.2. The minimum Gasteiger partial charge on any atom is -0.361 e. The van der Waals surface area contributed by atoms with Gasteiger partial charge in [0.05, 0.1) is 11.9 Å². The second kappa shape index (κ2) is 7.06. The van der Waals surface area contributed by atoms with Gasteiger partial charge in [0, 0.05) is 34.2 Å².